The molecule has 0 bridgehead atoms. The number of hydrogen-bond donors (Lipinski definition) is 1. The number of carbonyl (C=O) groups excluding carboxylic acids is 1. The Labute approximate surface area is 170 Å². The summed E-state index contributed by atoms with van der Waals surface area (Å²) < 4.78 is 0. The van der Waals surface area contributed by atoms with Crippen molar-refractivity contribution >= 4 is 28.6 Å². The first kappa shape index (κ1) is 19.1. The summed E-state index contributed by atoms with van der Waals surface area (Å²) in [6, 6.07) is 15.4. The van der Waals surface area contributed by atoms with Crippen LogP contribution in [-0.4, -0.2) is 61.0 Å². The molecule has 2 heterocycles. The zero-order valence-electron chi connectivity index (χ0n) is 16.9. The number of piperazine rings is 1. The summed E-state index contributed by atoms with van der Waals surface area (Å²) in [5.41, 5.74) is 8.73. The summed E-state index contributed by atoms with van der Waals surface area (Å²) in [4.78, 5) is 28.0. The maximum Gasteiger partial charge on any atom is 0.248 e. The van der Waals surface area contributed by atoms with Crippen molar-refractivity contribution in [3.8, 4) is 0 Å². The zero-order valence-corrected chi connectivity index (χ0v) is 16.9. The lowest BCUT2D eigenvalue weighted by Crippen LogP contribution is -2.45. The summed E-state index contributed by atoms with van der Waals surface area (Å²) in [6.07, 6.45) is 0. The number of rotatable bonds is 5. The smallest absolute Gasteiger partial charge is 0.248 e. The maximum atomic E-state index is 11.3. The Balaban J connectivity index is 1.66. The largest absolute Gasteiger partial charge is 0.366 e. The quantitative estimate of drug-likeness (QED) is 0.719. The first-order valence-electron chi connectivity index (χ1n) is 9.81. The minimum absolute atomic E-state index is 0.414. The van der Waals surface area contributed by atoms with Crippen molar-refractivity contribution in [2.45, 2.75) is 6.54 Å². The molecular weight excluding hydrogens is 364 g/mol. The molecule has 0 saturated carbocycles. The molecule has 7 nitrogen and oxygen atoms in total. The van der Waals surface area contributed by atoms with Crippen LogP contribution in [0.1, 0.15) is 15.9 Å². The number of primary amides is 1. The summed E-state index contributed by atoms with van der Waals surface area (Å²) in [5, 5.41) is 0. The fraction of sp³-hybridized carbons (Fsp3) is 0.318. The Morgan fingerprint density at radius 3 is 2.24 bits per heavy atom. The Morgan fingerprint density at radius 2 is 1.62 bits per heavy atom. The molecule has 0 spiro atoms. The molecular formula is C22H26N6O. The van der Waals surface area contributed by atoms with Crippen molar-refractivity contribution in [1.29, 1.82) is 0 Å². The lowest BCUT2D eigenvalue weighted by molar-refractivity contribution is 0.100. The van der Waals surface area contributed by atoms with E-state index in [0.717, 1.165) is 54.4 Å². The molecule has 1 aliphatic rings. The van der Waals surface area contributed by atoms with Gasteiger partial charge in [0.15, 0.2) is 11.6 Å². The highest BCUT2D eigenvalue weighted by atomic mass is 16.1. The number of amides is 1. The van der Waals surface area contributed by atoms with Crippen LogP contribution in [0.25, 0.3) is 11.0 Å². The molecule has 7 heteroatoms. The van der Waals surface area contributed by atoms with Gasteiger partial charge in [-0.2, -0.15) is 0 Å². The number of nitrogens with zero attached hydrogens (tertiary/aromatic N) is 5. The summed E-state index contributed by atoms with van der Waals surface area (Å²) >= 11 is 0. The number of benzene rings is 2. The number of carbonyl (C=O) groups is 1. The minimum atomic E-state index is -0.414. The molecule has 150 valence electrons. The molecule has 1 aliphatic heterocycles. The molecule has 0 radical (unpaired) electrons. The summed E-state index contributed by atoms with van der Waals surface area (Å²) in [7, 11) is 4.17. The van der Waals surface area contributed by atoms with Gasteiger partial charge in [0.1, 0.15) is 0 Å². The first-order chi connectivity index (χ1) is 14.0. The van der Waals surface area contributed by atoms with E-state index in [-0.39, 0.29) is 0 Å². The van der Waals surface area contributed by atoms with Crippen LogP contribution < -0.4 is 15.5 Å². The predicted molar refractivity (Wildman–Crippen MR) is 116 cm³/mol. The standard InChI is InChI=1S/C22H26N6O/c1-26-11-13-28(14-12-26)22-21(24-18-5-3-4-6-19(18)25-22)27(2)15-16-7-9-17(10-8-16)20(23)29/h3-10H,11-15H2,1-2H3,(H2,23,29). The van der Waals surface area contributed by atoms with Gasteiger partial charge in [0, 0.05) is 45.3 Å². The van der Waals surface area contributed by atoms with Crippen LogP contribution in [0.3, 0.4) is 0 Å². The van der Waals surface area contributed by atoms with Gasteiger partial charge in [0.05, 0.1) is 11.0 Å². The van der Waals surface area contributed by atoms with Gasteiger partial charge in [-0.05, 0) is 36.9 Å². The highest BCUT2D eigenvalue weighted by molar-refractivity contribution is 5.92. The van der Waals surface area contributed by atoms with Crippen molar-refractivity contribution in [3.63, 3.8) is 0 Å². The van der Waals surface area contributed by atoms with Crippen molar-refractivity contribution in [1.82, 2.24) is 14.9 Å². The number of nitrogens with two attached hydrogens (primary N) is 1. The number of likely N-dealkylation sites (N-methyl/N-ethyl adjacent to an activating group) is 1. The fourth-order valence-electron chi connectivity index (χ4n) is 3.59. The number of para-hydroxylation sites is 2. The van der Waals surface area contributed by atoms with Crippen LogP contribution in [0, 0.1) is 0 Å². The van der Waals surface area contributed by atoms with E-state index in [2.05, 4.69) is 21.7 Å². The lowest BCUT2D eigenvalue weighted by Gasteiger charge is -2.35. The van der Waals surface area contributed by atoms with Crippen LogP contribution in [0.4, 0.5) is 11.6 Å². The third-order valence-corrected chi connectivity index (χ3v) is 5.36. The van der Waals surface area contributed by atoms with Gasteiger partial charge in [0.25, 0.3) is 0 Å². The molecule has 4 rings (SSSR count). The van der Waals surface area contributed by atoms with Crippen molar-refractivity contribution in [2.24, 2.45) is 5.73 Å². The van der Waals surface area contributed by atoms with Crippen LogP contribution in [0.15, 0.2) is 48.5 Å². The lowest BCUT2D eigenvalue weighted by atomic mass is 10.1. The number of anilines is 2. The van der Waals surface area contributed by atoms with E-state index in [4.69, 9.17) is 15.7 Å². The van der Waals surface area contributed by atoms with Crippen LogP contribution in [0.5, 0.6) is 0 Å². The average molecular weight is 390 g/mol. The van der Waals surface area contributed by atoms with E-state index in [1.165, 1.54) is 0 Å². The molecule has 2 aromatic carbocycles. The van der Waals surface area contributed by atoms with E-state index >= 15 is 0 Å². The normalized spacial score (nSPS) is 14.9. The third-order valence-electron chi connectivity index (χ3n) is 5.36. The van der Waals surface area contributed by atoms with E-state index in [1.807, 2.05) is 43.4 Å². The zero-order chi connectivity index (χ0) is 20.4. The van der Waals surface area contributed by atoms with Gasteiger partial charge in [0.2, 0.25) is 5.91 Å². The van der Waals surface area contributed by atoms with Crippen molar-refractivity contribution in [2.75, 3.05) is 50.1 Å². The second kappa shape index (κ2) is 8.05. The molecule has 0 aliphatic carbocycles. The van der Waals surface area contributed by atoms with Crippen LogP contribution in [0.2, 0.25) is 0 Å². The Kier molecular flexibility index (Phi) is 5.31. The van der Waals surface area contributed by atoms with Crippen molar-refractivity contribution < 1.29 is 4.79 Å². The van der Waals surface area contributed by atoms with E-state index in [0.29, 0.717) is 12.1 Å². The van der Waals surface area contributed by atoms with Gasteiger partial charge in [-0.1, -0.05) is 24.3 Å². The predicted octanol–water partition coefficient (Wildman–Crippen LogP) is 2.12. The SMILES string of the molecule is CN1CCN(c2nc3ccccc3nc2N(C)Cc2ccc(C(N)=O)cc2)CC1. The van der Waals surface area contributed by atoms with Gasteiger partial charge in [-0.3, -0.25) is 4.79 Å². The first-order valence-corrected chi connectivity index (χ1v) is 9.81. The second-order valence-electron chi connectivity index (χ2n) is 7.57. The maximum absolute atomic E-state index is 11.3. The highest BCUT2D eigenvalue weighted by Crippen LogP contribution is 2.29. The van der Waals surface area contributed by atoms with E-state index < -0.39 is 5.91 Å². The minimum Gasteiger partial charge on any atom is -0.366 e. The van der Waals surface area contributed by atoms with E-state index in [9.17, 15) is 4.79 Å². The molecule has 1 amide bonds. The van der Waals surface area contributed by atoms with Gasteiger partial charge < -0.3 is 20.4 Å². The molecule has 2 N–H and O–H groups in total. The van der Waals surface area contributed by atoms with E-state index in [1.54, 1.807) is 12.1 Å². The van der Waals surface area contributed by atoms with Gasteiger partial charge >= 0.3 is 0 Å². The highest BCUT2D eigenvalue weighted by Gasteiger charge is 2.22. The van der Waals surface area contributed by atoms with Crippen molar-refractivity contribution in [3.05, 3.63) is 59.7 Å². The molecule has 0 atom stereocenters. The average Bonchev–Trinajstić information content (AvgIpc) is 2.73. The fourth-order valence-corrected chi connectivity index (χ4v) is 3.59. The van der Waals surface area contributed by atoms with Gasteiger partial charge in [-0.15, -0.1) is 0 Å². The van der Waals surface area contributed by atoms with Crippen LogP contribution >= 0.6 is 0 Å². The number of aromatic nitrogens is 2. The molecule has 1 aromatic heterocycles. The number of hydrogen-bond acceptors (Lipinski definition) is 6. The molecule has 0 unspecified atom stereocenters. The molecule has 3 aromatic rings. The Hall–Kier alpha value is -3.19. The summed E-state index contributed by atoms with van der Waals surface area (Å²) in [5.74, 6) is 1.38. The van der Waals surface area contributed by atoms with Gasteiger partial charge in [-0.25, -0.2) is 9.97 Å². The molecule has 29 heavy (non-hydrogen) atoms. The Morgan fingerprint density at radius 1 is 1.00 bits per heavy atom. The monoisotopic (exact) mass is 390 g/mol. The topological polar surface area (TPSA) is 78.6 Å². The van der Waals surface area contributed by atoms with Crippen LogP contribution in [-0.2, 0) is 6.54 Å². The second-order valence-corrected chi connectivity index (χ2v) is 7.57. The Bertz CT molecular complexity index is 1010. The summed E-state index contributed by atoms with van der Waals surface area (Å²) in [6.45, 7) is 4.53. The number of fused-ring (bicyclic) bond motifs is 1. The molecule has 1 saturated heterocycles. The third kappa shape index (κ3) is 4.14. The molecule has 1 fully saturated rings.